The Morgan fingerprint density at radius 1 is 1.03 bits per heavy atom. The van der Waals surface area contributed by atoms with Gasteiger partial charge in [0.2, 0.25) is 10.0 Å². The highest BCUT2D eigenvalue weighted by Crippen LogP contribution is 2.27. The second-order valence-corrected chi connectivity index (χ2v) is 11.1. The molecule has 1 unspecified atom stereocenters. The highest BCUT2D eigenvalue weighted by Gasteiger charge is 2.30. The first kappa shape index (κ1) is 27.4. The summed E-state index contributed by atoms with van der Waals surface area (Å²) in [7, 11) is -2.30. The highest BCUT2D eigenvalue weighted by molar-refractivity contribution is 7.92. The molecule has 198 valence electrons. The third kappa shape index (κ3) is 5.93. The second kappa shape index (κ2) is 11.9. The van der Waals surface area contributed by atoms with Crippen molar-refractivity contribution in [3.05, 3.63) is 111 Å². The van der Waals surface area contributed by atoms with Crippen LogP contribution in [0.3, 0.4) is 0 Å². The van der Waals surface area contributed by atoms with Crippen molar-refractivity contribution in [2.75, 3.05) is 20.3 Å². The standard InChI is InChI=1S/C30H33N3O4S/c1-22-15-16-28(23(2)21-22)33-29(31-27-14-9-8-13-26(27)30(33)34)24(3)32(18-10-19-37-4)38(35,36)20-17-25-11-6-5-7-12-25/h5-9,11-17,20-21,24H,10,18-19H2,1-4H3/b20-17+. The number of rotatable bonds is 10. The number of ether oxygens (including phenoxy) is 1. The smallest absolute Gasteiger partial charge is 0.266 e. The zero-order chi connectivity index (χ0) is 27.3. The van der Waals surface area contributed by atoms with Crippen molar-refractivity contribution in [2.45, 2.75) is 33.2 Å². The molecule has 0 radical (unpaired) electrons. The van der Waals surface area contributed by atoms with Crippen molar-refractivity contribution in [1.82, 2.24) is 13.9 Å². The van der Waals surface area contributed by atoms with Crippen molar-refractivity contribution >= 4 is 27.0 Å². The molecule has 0 bridgehead atoms. The Morgan fingerprint density at radius 2 is 1.74 bits per heavy atom. The Balaban J connectivity index is 1.89. The molecule has 1 heterocycles. The van der Waals surface area contributed by atoms with E-state index in [4.69, 9.17) is 9.72 Å². The first-order valence-electron chi connectivity index (χ1n) is 12.6. The summed E-state index contributed by atoms with van der Waals surface area (Å²) in [5.41, 5.74) is 3.70. The quantitative estimate of drug-likeness (QED) is 0.256. The van der Waals surface area contributed by atoms with Crippen LogP contribution in [-0.2, 0) is 14.8 Å². The van der Waals surface area contributed by atoms with Gasteiger partial charge in [0.1, 0.15) is 5.82 Å². The molecule has 4 aromatic rings. The van der Waals surface area contributed by atoms with E-state index in [0.29, 0.717) is 35.4 Å². The van der Waals surface area contributed by atoms with Crippen LogP contribution in [0.15, 0.2) is 83.0 Å². The van der Waals surface area contributed by atoms with Crippen molar-refractivity contribution in [2.24, 2.45) is 0 Å². The molecule has 0 amide bonds. The first-order chi connectivity index (χ1) is 18.2. The number of para-hydroxylation sites is 1. The molecular formula is C30H33N3O4S. The van der Waals surface area contributed by atoms with E-state index in [1.807, 2.05) is 68.4 Å². The molecule has 4 rings (SSSR count). The molecule has 0 fully saturated rings. The molecular weight excluding hydrogens is 498 g/mol. The Kier molecular flexibility index (Phi) is 8.56. The molecule has 0 N–H and O–H groups in total. The van der Waals surface area contributed by atoms with E-state index in [1.54, 1.807) is 42.9 Å². The minimum atomic E-state index is -3.89. The molecule has 7 nitrogen and oxygen atoms in total. The molecule has 0 aliphatic rings. The van der Waals surface area contributed by atoms with Gasteiger partial charge in [-0.15, -0.1) is 0 Å². The molecule has 1 atom stereocenters. The molecule has 0 spiro atoms. The number of sulfonamides is 1. The molecule has 0 saturated carbocycles. The normalized spacial score (nSPS) is 13.0. The fourth-order valence-electron chi connectivity index (χ4n) is 4.56. The maximum atomic E-state index is 13.9. The van der Waals surface area contributed by atoms with Gasteiger partial charge >= 0.3 is 0 Å². The van der Waals surface area contributed by atoms with Crippen LogP contribution in [0.25, 0.3) is 22.7 Å². The lowest BCUT2D eigenvalue weighted by atomic mass is 10.1. The summed E-state index contributed by atoms with van der Waals surface area (Å²) in [5, 5.41) is 1.69. The van der Waals surface area contributed by atoms with Crippen LogP contribution in [0.4, 0.5) is 0 Å². The maximum Gasteiger partial charge on any atom is 0.266 e. The van der Waals surface area contributed by atoms with E-state index < -0.39 is 16.1 Å². The van der Waals surface area contributed by atoms with Crippen LogP contribution in [0, 0.1) is 13.8 Å². The van der Waals surface area contributed by atoms with Crippen LogP contribution in [-0.4, -0.2) is 42.5 Å². The Bertz CT molecular complexity index is 1610. The van der Waals surface area contributed by atoms with Crippen molar-refractivity contribution in [1.29, 1.82) is 0 Å². The summed E-state index contributed by atoms with van der Waals surface area (Å²) >= 11 is 0. The zero-order valence-electron chi connectivity index (χ0n) is 22.2. The Morgan fingerprint density at radius 3 is 2.45 bits per heavy atom. The van der Waals surface area contributed by atoms with Crippen LogP contribution >= 0.6 is 0 Å². The van der Waals surface area contributed by atoms with Gasteiger partial charge in [0.05, 0.1) is 22.6 Å². The van der Waals surface area contributed by atoms with Gasteiger partial charge in [0.15, 0.2) is 0 Å². The summed E-state index contributed by atoms with van der Waals surface area (Å²) in [4.78, 5) is 18.7. The van der Waals surface area contributed by atoms with Crippen molar-refractivity contribution < 1.29 is 13.2 Å². The molecule has 0 saturated heterocycles. The monoisotopic (exact) mass is 531 g/mol. The average Bonchev–Trinajstić information content (AvgIpc) is 2.91. The zero-order valence-corrected chi connectivity index (χ0v) is 23.0. The lowest BCUT2D eigenvalue weighted by Gasteiger charge is -2.29. The lowest BCUT2D eigenvalue weighted by Crippen LogP contribution is -2.37. The molecule has 0 aliphatic carbocycles. The van der Waals surface area contributed by atoms with Crippen LogP contribution in [0.2, 0.25) is 0 Å². The van der Waals surface area contributed by atoms with E-state index in [-0.39, 0.29) is 12.1 Å². The molecule has 0 aliphatic heterocycles. The maximum absolute atomic E-state index is 13.9. The van der Waals surface area contributed by atoms with Gasteiger partial charge in [-0.3, -0.25) is 9.36 Å². The lowest BCUT2D eigenvalue weighted by molar-refractivity contribution is 0.182. The van der Waals surface area contributed by atoms with Gasteiger partial charge in [-0.1, -0.05) is 60.2 Å². The predicted octanol–water partition coefficient (Wildman–Crippen LogP) is 5.40. The van der Waals surface area contributed by atoms with Crippen LogP contribution in [0.1, 0.15) is 41.9 Å². The van der Waals surface area contributed by atoms with Gasteiger partial charge < -0.3 is 4.74 Å². The number of aryl methyl sites for hydroxylation is 2. The highest BCUT2D eigenvalue weighted by atomic mass is 32.2. The van der Waals surface area contributed by atoms with Crippen molar-refractivity contribution in [3.8, 4) is 5.69 Å². The van der Waals surface area contributed by atoms with Gasteiger partial charge in [-0.2, -0.15) is 4.31 Å². The summed E-state index contributed by atoms with van der Waals surface area (Å²) in [6, 6.07) is 21.5. The number of fused-ring (bicyclic) bond motifs is 1. The van der Waals surface area contributed by atoms with Gasteiger partial charge in [0, 0.05) is 25.7 Å². The molecule has 3 aromatic carbocycles. The summed E-state index contributed by atoms with van der Waals surface area (Å²) in [6.07, 6.45) is 2.07. The number of nitrogens with zero attached hydrogens (tertiary/aromatic N) is 3. The summed E-state index contributed by atoms with van der Waals surface area (Å²) < 4.78 is 35.6. The molecule has 1 aromatic heterocycles. The number of methoxy groups -OCH3 is 1. The van der Waals surface area contributed by atoms with E-state index in [1.165, 1.54) is 9.71 Å². The minimum absolute atomic E-state index is 0.200. The predicted molar refractivity (Wildman–Crippen MR) is 153 cm³/mol. The third-order valence-corrected chi connectivity index (χ3v) is 8.12. The van der Waals surface area contributed by atoms with Crippen LogP contribution < -0.4 is 5.56 Å². The SMILES string of the molecule is COCCCN(C(C)c1nc2ccccc2c(=O)n1-c1ccc(C)cc1C)S(=O)(=O)/C=C/c1ccccc1. The summed E-state index contributed by atoms with van der Waals surface area (Å²) in [6.45, 7) is 6.30. The molecule has 38 heavy (non-hydrogen) atoms. The van der Waals surface area contributed by atoms with Gasteiger partial charge in [0.25, 0.3) is 5.56 Å². The van der Waals surface area contributed by atoms with Crippen LogP contribution in [0.5, 0.6) is 0 Å². The van der Waals surface area contributed by atoms with Crippen molar-refractivity contribution in [3.63, 3.8) is 0 Å². The number of hydrogen-bond donors (Lipinski definition) is 0. The first-order valence-corrected chi connectivity index (χ1v) is 14.1. The number of hydrogen-bond acceptors (Lipinski definition) is 5. The van der Waals surface area contributed by atoms with Gasteiger partial charge in [-0.25, -0.2) is 13.4 Å². The van der Waals surface area contributed by atoms with Gasteiger partial charge in [-0.05, 0) is 62.6 Å². The molecule has 8 heteroatoms. The summed E-state index contributed by atoms with van der Waals surface area (Å²) in [5.74, 6) is 0.356. The topological polar surface area (TPSA) is 81.5 Å². The largest absolute Gasteiger partial charge is 0.385 e. The fraction of sp³-hybridized carbons (Fsp3) is 0.267. The Labute approximate surface area is 224 Å². The third-order valence-electron chi connectivity index (χ3n) is 6.49. The minimum Gasteiger partial charge on any atom is -0.385 e. The number of aromatic nitrogens is 2. The van der Waals surface area contributed by atoms with E-state index >= 15 is 0 Å². The van der Waals surface area contributed by atoms with E-state index in [0.717, 1.165) is 16.7 Å². The number of benzene rings is 3. The Hall–Kier alpha value is -3.59. The average molecular weight is 532 g/mol. The second-order valence-electron chi connectivity index (χ2n) is 9.31. The van der Waals surface area contributed by atoms with E-state index in [9.17, 15) is 13.2 Å². The van der Waals surface area contributed by atoms with E-state index in [2.05, 4.69) is 0 Å². The fourth-order valence-corrected chi connectivity index (χ4v) is 5.96.